The van der Waals surface area contributed by atoms with Crippen molar-refractivity contribution in [1.82, 2.24) is 0 Å². The van der Waals surface area contributed by atoms with E-state index in [9.17, 15) is 13.2 Å². The summed E-state index contributed by atoms with van der Waals surface area (Å²) in [6.07, 6.45) is 1.02. The number of rotatable bonds is 6. The number of aryl methyl sites for hydroxylation is 1. The van der Waals surface area contributed by atoms with E-state index in [1.807, 2.05) is 0 Å². The Kier molecular flexibility index (Phi) is 5.67. The van der Waals surface area contributed by atoms with Gasteiger partial charge in [-0.15, -0.1) is 0 Å². The molecule has 1 fully saturated rings. The molecule has 1 atom stereocenters. The van der Waals surface area contributed by atoms with Crippen molar-refractivity contribution in [2.24, 2.45) is 0 Å². The summed E-state index contributed by atoms with van der Waals surface area (Å²) < 4.78 is 38.6. The minimum Gasteiger partial charge on any atom is -0.495 e. The largest absolute Gasteiger partial charge is 0.495 e. The number of methoxy groups -OCH3 is 1. The molecule has 1 amide bonds. The number of ether oxygens (including phenoxy) is 2. The second-order valence-corrected chi connectivity index (χ2v) is 7.96. The number of nitrogens with one attached hydrogen (secondary N) is 2. The normalized spacial score (nSPS) is 16.7. The number of hydrogen-bond acceptors (Lipinski definition) is 5. The third-order valence-corrected chi connectivity index (χ3v) is 5.71. The van der Waals surface area contributed by atoms with Crippen molar-refractivity contribution in [2.75, 3.05) is 23.8 Å². The van der Waals surface area contributed by atoms with Crippen molar-refractivity contribution in [3.63, 3.8) is 0 Å². The van der Waals surface area contributed by atoms with Crippen LogP contribution in [0.15, 0.2) is 47.4 Å². The van der Waals surface area contributed by atoms with Gasteiger partial charge in [0.15, 0.2) is 0 Å². The summed E-state index contributed by atoms with van der Waals surface area (Å²) in [6.45, 7) is 2.36. The maximum absolute atomic E-state index is 12.8. The first-order chi connectivity index (χ1) is 12.9. The topological polar surface area (TPSA) is 93.7 Å². The van der Waals surface area contributed by atoms with E-state index in [-0.39, 0.29) is 10.8 Å². The molecule has 7 nitrogen and oxygen atoms in total. The average molecular weight is 390 g/mol. The van der Waals surface area contributed by atoms with E-state index in [1.165, 1.54) is 19.2 Å². The Morgan fingerprint density at radius 2 is 1.96 bits per heavy atom. The van der Waals surface area contributed by atoms with Crippen LogP contribution in [-0.4, -0.2) is 34.1 Å². The third-order valence-electron chi connectivity index (χ3n) is 4.35. The van der Waals surface area contributed by atoms with E-state index >= 15 is 0 Å². The summed E-state index contributed by atoms with van der Waals surface area (Å²) in [7, 11) is -2.38. The maximum atomic E-state index is 12.8. The minimum atomic E-state index is -3.85. The van der Waals surface area contributed by atoms with E-state index in [4.69, 9.17) is 9.47 Å². The van der Waals surface area contributed by atoms with Gasteiger partial charge in [-0.3, -0.25) is 9.52 Å². The summed E-state index contributed by atoms with van der Waals surface area (Å²) in [6, 6.07) is 11.3. The molecule has 27 heavy (non-hydrogen) atoms. The Balaban J connectivity index is 1.84. The highest BCUT2D eigenvalue weighted by atomic mass is 32.2. The molecule has 0 bridgehead atoms. The number of para-hydroxylation sites is 2. The van der Waals surface area contributed by atoms with Crippen LogP contribution in [0.25, 0.3) is 0 Å². The summed E-state index contributed by atoms with van der Waals surface area (Å²) in [5.41, 5.74) is 1.54. The van der Waals surface area contributed by atoms with Gasteiger partial charge in [0.05, 0.1) is 17.7 Å². The van der Waals surface area contributed by atoms with Gasteiger partial charge < -0.3 is 14.8 Å². The number of anilines is 2. The number of carbonyl (C=O) groups excluding carboxylic acids is 1. The molecule has 1 aliphatic rings. The molecule has 8 heteroatoms. The monoisotopic (exact) mass is 390 g/mol. The van der Waals surface area contributed by atoms with Crippen LogP contribution < -0.4 is 14.8 Å². The van der Waals surface area contributed by atoms with Crippen molar-refractivity contribution in [3.05, 3.63) is 48.0 Å². The molecular formula is C19H22N2O5S. The number of carbonyl (C=O) groups is 1. The first-order valence-electron chi connectivity index (χ1n) is 8.59. The van der Waals surface area contributed by atoms with Crippen LogP contribution in [0, 0.1) is 6.92 Å². The maximum Gasteiger partial charge on any atom is 0.262 e. The van der Waals surface area contributed by atoms with Gasteiger partial charge >= 0.3 is 0 Å². The number of benzene rings is 2. The summed E-state index contributed by atoms with van der Waals surface area (Å²) in [5, 5.41) is 2.77. The minimum absolute atomic E-state index is 0.0432. The Morgan fingerprint density at radius 1 is 1.19 bits per heavy atom. The van der Waals surface area contributed by atoms with Crippen LogP contribution in [0.1, 0.15) is 18.4 Å². The second kappa shape index (κ2) is 7.98. The van der Waals surface area contributed by atoms with Crippen LogP contribution in [0.4, 0.5) is 11.4 Å². The molecular weight excluding hydrogens is 368 g/mol. The molecule has 0 aromatic heterocycles. The molecule has 0 radical (unpaired) electrons. The zero-order valence-corrected chi connectivity index (χ0v) is 16.0. The quantitative estimate of drug-likeness (QED) is 0.791. The lowest BCUT2D eigenvalue weighted by molar-refractivity contribution is -0.124. The molecule has 1 aliphatic heterocycles. The predicted molar refractivity (Wildman–Crippen MR) is 103 cm³/mol. The molecule has 1 saturated heterocycles. The predicted octanol–water partition coefficient (Wildman–Crippen LogP) is 2.92. The lowest BCUT2D eigenvalue weighted by Gasteiger charge is -2.15. The Labute approximate surface area is 158 Å². The number of sulfonamides is 1. The fraction of sp³-hybridized carbons (Fsp3) is 0.316. The lowest BCUT2D eigenvalue weighted by Crippen LogP contribution is -2.27. The molecule has 0 aliphatic carbocycles. The van der Waals surface area contributed by atoms with E-state index in [2.05, 4.69) is 10.0 Å². The lowest BCUT2D eigenvalue weighted by atomic mass is 10.2. The molecule has 2 aromatic rings. The Morgan fingerprint density at radius 3 is 2.67 bits per heavy atom. The molecule has 3 rings (SSSR count). The first-order valence-corrected chi connectivity index (χ1v) is 10.1. The summed E-state index contributed by atoms with van der Waals surface area (Å²) >= 11 is 0. The van der Waals surface area contributed by atoms with E-state index < -0.39 is 16.1 Å². The zero-order valence-electron chi connectivity index (χ0n) is 15.2. The van der Waals surface area contributed by atoms with Crippen LogP contribution in [-0.2, 0) is 19.6 Å². The van der Waals surface area contributed by atoms with Gasteiger partial charge in [-0.25, -0.2) is 8.42 Å². The SMILES string of the molecule is COc1ccccc1NS(=O)(=O)c1ccc(C)c(NC(=O)[C@H]2CCCO2)c1. The second-order valence-electron chi connectivity index (χ2n) is 6.27. The van der Waals surface area contributed by atoms with E-state index in [0.29, 0.717) is 30.2 Å². The van der Waals surface area contributed by atoms with Gasteiger partial charge in [0.25, 0.3) is 15.9 Å². The van der Waals surface area contributed by atoms with Crippen LogP contribution in [0.2, 0.25) is 0 Å². The fourth-order valence-corrected chi connectivity index (χ4v) is 3.93. The highest BCUT2D eigenvalue weighted by molar-refractivity contribution is 7.92. The Bertz CT molecular complexity index is 937. The standard InChI is InChI=1S/C19H22N2O5S/c1-13-9-10-14(12-16(13)20-19(22)18-8-5-11-26-18)27(23,24)21-15-6-3-4-7-17(15)25-2/h3-4,6-7,9-10,12,18,21H,5,8,11H2,1-2H3,(H,20,22)/t18-/m1/s1. The smallest absolute Gasteiger partial charge is 0.262 e. The van der Waals surface area contributed by atoms with Gasteiger partial charge in [0.1, 0.15) is 11.9 Å². The average Bonchev–Trinajstić information content (AvgIpc) is 3.18. The van der Waals surface area contributed by atoms with Crippen molar-refractivity contribution >= 4 is 27.3 Å². The van der Waals surface area contributed by atoms with Crippen molar-refractivity contribution in [1.29, 1.82) is 0 Å². The van der Waals surface area contributed by atoms with E-state index in [0.717, 1.165) is 12.0 Å². The highest BCUT2D eigenvalue weighted by Gasteiger charge is 2.25. The van der Waals surface area contributed by atoms with Crippen LogP contribution in [0.5, 0.6) is 5.75 Å². The van der Waals surface area contributed by atoms with Crippen molar-refractivity contribution in [2.45, 2.75) is 30.8 Å². The number of hydrogen-bond donors (Lipinski definition) is 2. The van der Waals surface area contributed by atoms with Gasteiger partial charge in [-0.2, -0.15) is 0 Å². The van der Waals surface area contributed by atoms with Gasteiger partial charge in [-0.1, -0.05) is 18.2 Å². The first kappa shape index (κ1) is 19.2. The van der Waals surface area contributed by atoms with Gasteiger partial charge in [0.2, 0.25) is 0 Å². The van der Waals surface area contributed by atoms with Crippen molar-refractivity contribution in [3.8, 4) is 5.75 Å². The van der Waals surface area contributed by atoms with Crippen LogP contribution in [0.3, 0.4) is 0 Å². The fourth-order valence-electron chi connectivity index (χ4n) is 2.83. The van der Waals surface area contributed by atoms with Crippen LogP contribution >= 0.6 is 0 Å². The molecule has 0 spiro atoms. The van der Waals surface area contributed by atoms with Gasteiger partial charge in [0, 0.05) is 12.3 Å². The van der Waals surface area contributed by atoms with E-state index in [1.54, 1.807) is 37.3 Å². The molecule has 0 unspecified atom stereocenters. The van der Waals surface area contributed by atoms with Crippen molar-refractivity contribution < 1.29 is 22.7 Å². The van der Waals surface area contributed by atoms with Gasteiger partial charge in [-0.05, 0) is 49.6 Å². The molecule has 144 valence electrons. The summed E-state index contributed by atoms with van der Waals surface area (Å²) in [4.78, 5) is 12.3. The molecule has 2 N–H and O–H groups in total. The highest BCUT2D eigenvalue weighted by Crippen LogP contribution is 2.28. The molecule has 1 heterocycles. The number of amides is 1. The Hall–Kier alpha value is -2.58. The summed E-state index contributed by atoms with van der Waals surface area (Å²) in [5.74, 6) is 0.155. The molecule has 0 saturated carbocycles. The zero-order chi connectivity index (χ0) is 19.4. The molecule has 2 aromatic carbocycles. The third kappa shape index (κ3) is 4.40.